The summed E-state index contributed by atoms with van der Waals surface area (Å²) in [7, 11) is 2.08. The molecule has 0 aliphatic carbocycles. The number of amides is 1. The number of H-pyrrole nitrogens is 1. The van der Waals surface area contributed by atoms with Gasteiger partial charge in [0.05, 0.1) is 24.6 Å². The van der Waals surface area contributed by atoms with Gasteiger partial charge in [-0.3, -0.25) is 14.5 Å². The summed E-state index contributed by atoms with van der Waals surface area (Å²) in [6.45, 7) is 7.23. The number of benzene rings is 2. The molecule has 1 amide bonds. The molecule has 0 bridgehead atoms. The molecule has 5 rings (SSSR count). The molecule has 37 heavy (non-hydrogen) atoms. The van der Waals surface area contributed by atoms with E-state index in [0.29, 0.717) is 30.0 Å². The molecule has 2 saturated heterocycles. The lowest BCUT2D eigenvalue weighted by atomic mass is 10.00. The van der Waals surface area contributed by atoms with Crippen LogP contribution in [-0.4, -0.2) is 85.4 Å². The molecular formula is C27H31FN6O3. The van der Waals surface area contributed by atoms with Gasteiger partial charge in [0.15, 0.2) is 0 Å². The van der Waals surface area contributed by atoms with Gasteiger partial charge in [0.2, 0.25) is 0 Å². The van der Waals surface area contributed by atoms with Crippen LogP contribution in [0.3, 0.4) is 0 Å². The number of ether oxygens (including phenoxy) is 1. The maximum Gasteiger partial charge on any atom is 0.276 e. The molecule has 3 heterocycles. The summed E-state index contributed by atoms with van der Waals surface area (Å²) in [5.41, 5.74) is 3.30. The Morgan fingerprint density at radius 2 is 1.81 bits per heavy atom. The van der Waals surface area contributed by atoms with Crippen molar-refractivity contribution in [2.45, 2.75) is 6.54 Å². The zero-order chi connectivity index (χ0) is 25.8. The van der Waals surface area contributed by atoms with Gasteiger partial charge in [-0.05, 0) is 48.5 Å². The molecule has 0 spiro atoms. The van der Waals surface area contributed by atoms with Crippen molar-refractivity contribution in [3.63, 3.8) is 0 Å². The Bertz CT molecular complexity index is 1300. The first-order chi connectivity index (χ1) is 18.0. The second-order valence-electron chi connectivity index (χ2n) is 9.49. The number of piperazine rings is 1. The van der Waals surface area contributed by atoms with Crippen molar-refractivity contribution in [3.05, 3.63) is 76.0 Å². The molecule has 2 aliphatic heterocycles. The molecule has 2 aliphatic rings. The zero-order valence-electron chi connectivity index (χ0n) is 20.9. The fourth-order valence-electron chi connectivity index (χ4n) is 4.69. The van der Waals surface area contributed by atoms with E-state index in [1.807, 2.05) is 30.3 Å². The highest BCUT2D eigenvalue weighted by atomic mass is 19.1. The lowest BCUT2D eigenvalue weighted by Crippen LogP contribution is -2.44. The van der Waals surface area contributed by atoms with E-state index in [1.54, 1.807) is 0 Å². The molecule has 2 fully saturated rings. The first kappa shape index (κ1) is 25.1. The zero-order valence-corrected chi connectivity index (χ0v) is 20.9. The van der Waals surface area contributed by atoms with E-state index in [0.717, 1.165) is 57.1 Å². The van der Waals surface area contributed by atoms with E-state index in [-0.39, 0.29) is 17.1 Å². The lowest BCUT2D eigenvalue weighted by molar-refractivity contribution is 0.0342. The fourth-order valence-corrected chi connectivity index (χ4v) is 4.69. The fraction of sp³-hybridized carbons (Fsp3) is 0.370. The quantitative estimate of drug-likeness (QED) is 0.530. The topological polar surface area (TPSA) is 93.8 Å². The molecule has 0 unspecified atom stereocenters. The highest BCUT2D eigenvalue weighted by molar-refractivity contribution is 6.05. The monoisotopic (exact) mass is 506 g/mol. The maximum absolute atomic E-state index is 15.0. The first-order valence-corrected chi connectivity index (χ1v) is 12.5. The number of rotatable bonds is 6. The Morgan fingerprint density at radius 3 is 2.54 bits per heavy atom. The lowest BCUT2D eigenvalue weighted by Gasteiger charge is -2.35. The number of morpholine rings is 1. The van der Waals surface area contributed by atoms with Crippen molar-refractivity contribution in [3.8, 4) is 11.1 Å². The SMILES string of the molecule is CN1CCN(c2ccc(-c3cc(CN4CCOCC4)ccc3F)cc2NC(=O)c2ccc(=O)[nH]n2)CC1. The Balaban J connectivity index is 1.47. The van der Waals surface area contributed by atoms with Crippen molar-refractivity contribution in [1.29, 1.82) is 0 Å². The number of aromatic nitrogens is 2. The molecule has 1 aromatic heterocycles. The van der Waals surface area contributed by atoms with E-state index in [1.165, 1.54) is 18.2 Å². The van der Waals surface area contributed by atoms with Crippen LogP contribution in [-0.2, 0) is 11.3 Å². The first-order valence-electron chi connectivity index (χ1n) is 12.5. The van der Waals surface area contributed by atoms with Crippen LogP contribution in [0.5, 0.6) is 0 Å². The van der Waals surface area contributed by atoms with E-state index >= 15 is 4.39 Å². The number of carbonyl (C=O) groups is 1. The Labute approximate surface area is 214 Å². The molecule has 0 radical (unpaired) electrons. The third kappa shape index (κ3) is 6.04. The molecule has 0 atom stereocenters. The van der Waals surface area contributed by atoms with E-state index in [2.05, 4.69) is 37.3 Å². The summed E-state index contributed by atoms with van der Waals surface area (Å²) in [5.74, 6) is -0.775. The van der Waals surface area contributed by atoms with Crippen LogP contribution in [0.15, 0.2) is 53.3 Å². The van der Waals surface area contributed by atoms with Gasteiger partial charge < -0.3 is 19.9 Å². The number of nitrogens with one attached hydrogen (secondary N) is 2. The summed E-state index contributed by atoms with van der Waals surface area (Å²) < 4.78 is 20.5. The third-order valence-corrected chi connectivity index (χ3v) is 6.85. The number of anilines is 2. The Morgan fingerprint density at radius 1 is 1.03 bits per heavy atom. The van der Waals surface area contributed by atoms with E-state index in [9.17, 15) is 9.59 Å². The number of likely N-dealkylation sites (N-methyl/N-ethyl adjacent to an activating group) is 1. The molecule has 2 aromatic carbocycles. The third-order valence-electron chi connectivity index (χ3n) is 6.85. The van der Waals surface area contributed by atoms with Gasteiger partial charge in [-0.2, -0.15) is 5.10 Å². The number of hydrogen-bond donors (Lipinski definition) is 2. The smallest absolute Gasteiger partial charge is 0.276 e. The highest BCUT2D eigenvalue weighted by Crippen LogP contribution is 2.34. The maximum atomic E-state index is 15.0. The van der Waals surface area contributed by atoms with E-state index < -0.39 is 5.91 Å². The number of aromatic amines is 1. The van der Waals surface area contributed by atoms with Crippen LogP contribution < -0.4 is 15.8 Å². The van der Waals surface area contributed by atoms with Crippen LogP contribution in [0.4, 0.5) is 15.8 Å². The average Bonchev–Trinajstić information content (AvgIpc) is 2.91. The largest absolute Gasteiger partial charge is 0.379 e. The summed E-state index contributed by atoms with van der Waals surface area (Å²) in [6.07, 6.45) is 0. The van der Waals surface area contributed by atoms with Crippen molar-refractivity contribution in [2.75, 3.05) is 69.7 Å². The van der Waals surface area contributed by atoms with Crippen molar-refractivity contribution in [1.82, 2.24) is 20.0 Å². The molecule has 0 saturated carbocycles. The van der Waals surface area contributed by atoms with Crippen molar-refractivity contribution < 1.29 is 13.9 Å². The van der Waals surface area contributed by atoms with Crippen molar-refractivity contribution in [2.24, 2.45) is 0 Å². The minimum Gasteiger partial charge on any atom is -0.379 e. The standard InChI is InChI=1S/C27H31FN6O3/c1-32-8-10-34(11-9-32)25-6-3-20(17-24(25)29-27(36)23-5-7-26(35)31-30-23)21-16-19(2-4-22(21)28)18-33-12-14-37-15-13-33/h2-7,16-17H,8-15,18H2,1H3,(H,29,36)(H,31,35). The van der Waals surface area contributed by atoms with Gasteiger partial charge in [0.1, 0.15) is 11.5 Å². The second-order valence-corrected chi connectivity index (χ2v) is 9.49. The van der Waals surface area contributed by atoms with Crippen LogP contribution in [0.25, 0.3) is 11.1 Å². The summed E-state index contributed by atoms with van der Waals surface area (Å²) in [5, 5.41) is 9.08. The minimum atomic E-state index is -0.453. The molecule has 3 aromatic rings. The van der Waals surface area contributed by atoms with Crippen molar-refractivity contribution >= 4 is 17.3 Å². The summed E-state index contributed by atoms with van der Waals surface area (Å²) in [4.78, 5) is 31.1. The summed E-state index contributed by atoms with van der Waals surface area (Å²) >= 11 is 0. The number of carbonyl (C=O) groups excluding carboxylic acids is 1. The van der Waals surface area contributed by atoms with E-state index in [4.69, 9.17) is 4.74 Å². The molecular weight excluding hydrogens is 475 g/mol. The predicted octanol–water partition coefficient (Wildman–Crippen LogP) is 2.41. The Kier molecular flexibility index (Phi) is 7.59. The van der Waals surface area contributed by atoms with Crippen LogP contribution in [0, 0.1) is 5.82 Å². The van der Waals surface area contributed by atoms with Crippen LogP contribution >= 0.6 is 0 Å². The number of hydrogen-bond acceptors (Lipinski definition) is 7. The molecule has 9 nitrogen and oxygen atoms in total. The van der Waals surface area contributed by atoms with Gasteiger partial charge in [0.25, 0.3) is 11.5 Å². The minimum absolute atomic E-state index is 0.0908. The second kappa shape index (κ2) is 11.2. The Hall–Kier alpha value is -3.60. The van der Waals surface area contributed by atoms with Gasteiger partial charge in [-0.1, -0.05) is 12.1 Å². The molecule has 2 N–H and O–H groups in total. The number of halogens is 1. The summed E-state index contributed by atoms with van der Waals surface area (Å²) in [6, 6.07) is 13.5. The van der Waals surface area contributed by atoms with Gasteiger partial charge in [-0.15, -0.1) is 0 Å². The average molecular weight is 507 g/mol. The van der Waals surface area contributed by atoms with Gasteiger partial charge in [-0.25, -0.2) is 9.49 Å². The molecule has 194 valence electrons. The van der Waals surface area contributed by atoms with Crippen LogP contribution in [0.2, 0.25) is 0 Å². The highest BCUT2D eigenvalue weighted by Gasteiger charge is 2.21. The van der Waals surface area contributed by atoms with Gasteiger partial charge in [0, 0.05) is 57.4 Å². The molecule has 10 heteroatoms. The number of nitrogens with zero attached hydrogens (tertiary/aromatic N) is 4. The predicted molar refractivity (Wildman–Crippen MR) is 140 cm³/mol. The van der Waals surface area contributed by atoms with Gasteiger partial charge >= 0.3 is 0 Å². The van der Waals surface area contributed by atoms with Crippen LogP contribution in [0.1, 0.15) is 16.1 Å². The normalized spacial score (nSPS) is 17.1.